The summed E-state index contributed by atoms with van der Waals surface area (Å²) in [5.41, 5.74) is 6.87. The van der Waals surface area contributed by atoms with Crippen molar-refractivity contribution in [2.45, 2.75) is 26.4 Å². The van der Waals surface area contributed by atoms with E-state index in [0.717, 1.165) is 12.2 Å². The normalized spacial score (nSPS) is 12.8. The molecule has 1 amide bonds. The lowest BCUT2D eigenvalue weighted by atomic mass is 10.0. The third kappa shape index (κ3) is 4.96. The molecule has 3 N–H and O–H groups in total. The maximum Gasteiger partial charge on any atom is 0.251 e. The van der Waals surface area contributed by atoms with Crippen molar-refractivity contribution in [3.63, 3.8) is 0 Å². The Balaban J connectivity index is 2.75. The number of nitrogens with two attached hydrogens (primary N) is 1. The Morgan fingerprint density at radius 2 is 2.16 bits per heavy atom. The van der Waals surface area contributed by atoms with Gasteiger partial charge in [0.05, 0.1) is 5.69 Å². The summed E-state index contributed by atoms with van der Waals surface area (Å²) in [4.78, 5) is 18.4. The summed E-state index contributed by atoms with van der Waals surface area (Å²) in [6.45, 7) is 5.36. The Hall–Kier alpha value is -1.46. The van der Waals surface area contributed by atoms with Crippen molar-refractivity contribution in [2.75, 3.05) is 20.6 Å². The van der Waals surface area contributed by atoms with Gasteiger partial charge in [-0.1, -0.05) is 13.8 Å². The first kappa shape index (κ1) is 15.6. The van der Waals surface area contributed by atoms with E-state index in [-0.39, 0.29) is 11.9 Å². The van der Waals surface area contributed by atoms with Crippen molar-refractivity contribution in [1.29, 1.82) is 0 Å². The Labute approximate surface area is 115 Å². The first-order valence-electron chi connectivity index (χ1n) is 6.54. The standard InChI is InChI=1S/C14H24N4O/c1-10(2)13(9-18(3)4)17-14(19)11-5-6-16-12(7-11)8-15/h5-7,10,13H,8-9,15H2,1-4H3,(H,17,19). The molecule has 0 fully saturated rings. The molecule has 5 nitrogen and oxygen atoms in total. The SMILES string of the molecule is CC(C)C(CN(C)C)NC(=O)c1ccnc(CN)c1. The van der Waals surface area contributed by atoms with Crippen molar-refractivity contribution in [3.05, 3.63) is 29.6 Å². The van der Waals surface area contributed by atoms with Crippen LogP contribution in [0.25, 0.3) is 0 Å². The van der Waals surface area contributed by atoms with Crippen LogP contribution in [-0.4, -0.2) is 42.5 Å². The highest BCUT2D eigenvalue weighted by Gasteiger charge is 2.18. The number of carbonyl (C=O) groups excluding carboxylic acids is 1. The van der Waals surface area contributed by atoms with E-state index in [1.54, 1.807) is 18.3 Å². The van der Waals surface area contributed by atoms with Gasteiger partial charge in [-0.3, -0.25) is 9.78 Å². The molecule has 1 rings (SSSR count). The van der Waals surface area contributed by atoms with E-state index in [4.69, 9.17) is 5.73 Å². The van der Waals surface area contributed by atoms with Crippen LogP contribution in [0.5, 0.6) is 0 Å². The van der Waals surface area contributed by atoms with Gasteiger partial charge in [-0.15, -0.1) is 0 Å². The van der Waals surface area contributed by atoms with Crippen LogP contribution in [0.2, 0.25) is 0 Å². The van der Waals surface area contributed by atoms with Crippen LogP contribution >= 0.6 is 0 Å². The summed E-state index contributed by atoms with van der Waals surface area (Å²) >= 11 is 0. The van der Waals surface area contributed by atoms with Crippen molar-refractivity contribution in [2.24, 2.45) is 11.7 Å². The smallest absolute Gasteiger partial charge is 0.251 e. The average molecular weight is 264 g/mol. The number of amides is 1. The van der Waals surface area contributed by atoms with E-state index in [2.05, 4.69) is 29.0 Å². The largest absolute Gasteiger partial charge is 0.348 e. The topological polar surface area (TPSA) is 71.2 Å². The van der Waals surface area contributed by atoms with Crippen LogP contribution in [0.15, 0.2) is 18.3 Å². The summed E-state index contributed by atoms with van der Waals surface area (Å²) in [5, 5.41) is 3.07. The molecule has 0 aliphatic carbocycles. The minimum absolute atomic E-state index is 0.0716. The number of likely N-dealkylation sites (N-methyl/N-ethyl adjacent to an activating group) is 1. The van der Waals surface area contributed by atoms with Gasteiger partial charge in [0.15, 0.2) is 0 Å². The van der Waals surface area contributed by atoms with E-state index in [1.165, 1.54) is 0 Å². The van der Waals surface area contributed by atoms with Crippen LogP contribution in [0.1, 0.15) is 29.9 Å². The highest BCUT2D eigenvalue weighted by atomic mass is 16.1. The van der Waals surface area contributed by atoms with E-state index in [9.17, 15) is 4.79 Å². The number of aromatic nitrogens is 1. The van der Waals surface area contributed by atoms with Gasteiger partial charge in [0.1, 0.15) is 0 Å². The highest BCUT2D eigenvalue weighted by Crippen LogP contribution is 2.06. The van der Waals surface area contributed by atoms with Gasteiger partial charge in [-0.05, 0) is 32.1 Å². The maximum absolute atomic E-state index is 12.2. The predicted molar refractivity (Wildman–Crippen MR) is 76.8 cm³/mol. The molecule has 19 heavy (non-hydrogen) atoms. The molecule has 0 radical (unpaired) electrons. The predicted octanol–water partition coefficient (Wildman–Crippen LogP) is 0.856. The van der Waals surface area contributed by atoms with Crippen molar-refractivity contribution in [1.82, 2.24) is 15.2 Å². The van der Waals surface area contributed by atoms with Crippen molar-refractivity contribution >= 4 is 5.91 Å². The number of pyridine rings is 1. The summed E-state index contributed by atoms with van der Waals surface area (Å²) in [6.07, 6.45) is 1.62. The molecule has 0 aliphatic rings. The first-order valence-corrected chi connectivity index (χ1v) is 6.54. The number of nitrogens with one attached hydrogen (secondary N) is 1. The average Bonchev–Trinajstić information content (AvgIpc) is 2.37. The molecule has 0 saturated heterocycles. The maximum atomic E-state index is 12.2. The van der Waals surface area contributed by atoms with E-state index < -0.39 is 0 Å². The molecule has 0 aromatic carbocycles. The minimum atomic E-state index is -0.0716. The molecule has 0 spiro atoms. The third-order valence-corrected chi connectivity index (χ3v) is 2.97. The van der Waals surface area contributed by atoms with Crippen LogP contribution in [0, 0.1) is 5.92 Å². The molecule has 5 heteroatoms. The Kier molecular flexibility index (Phi) is 5.92. The van der Waals surface area contributed by atoms with Gasteiger partial charge in [0.25, 0.3) is 5.91 Å². The van der Waals surface area contributed by atoms with Gasteiger partial charge >= 0.3 is 0 Å². The molecule has 1 aromatic heterocycles. The second-order valence-electron chi connectivity index (χ2n) is 5.33. The summed E-state index contributed by atoms with van der Waals surface area (Å²) in [6, 6.07) is 3.57. The van der Waals surface area contributed by atoms with Gasteiger partial charge in [-0.25, -0.2) is 0 Å². The number of hydrogen-bond donors (Lipinski definition) is 2. The van der Waals surface area contributed by atoms with E-state index >= 15 is 0 Å². The summed E-state index contributed by atoms with van der Waals surface area (Å²) in [5.74, 6) is 0.305. The second-order valence-corrected chi connectivity index (χ2v) is 5.33. The van der Waals surface area contributed by atoms with Crippen molar-refractivity contribution in [3.8, 4) is 0 Å². The van der Waals surface area contributed by atoms with Crippen LogP contribution in [0.4, 0.5) is 0 Å². The molecule has 0 saturated carbocycles. The van der Waals surface area contributed by atoms with Gasteiger partial charge < -0.3 is 16.0 Å². The molecule has 1 heterocycles. The lowest BCUT2D eigenvalue weighted by Gasteiger charge is -2.25. The molecule has 1 atom stereocenters. The minimum Gasteiger partial charge on any atom is -0.348 e. The number of rotatable bonds is 6. The zero-order valence-electron chi connectivity index (χ0n) is 12.2. The summed E-state index contributed by atoms with van der Waals surface area (Å²) in [7, 11) is 4.00. The van der Waals surface area contributed by atoms with Crippen molar-refractivity contribution < 1.29 is 4.79 Å². The third-order valence-electron chi connectivity index (χ3n) is 2.97. The van der Waals surface area contributed by atoms with Crippen LogP contribution < -0.4 is 11.1 Å². The Bertz CT molecular complexity index is 418. The second kappa shape index (κ2) is 7.21. The lowest BCUT2D eigenvalue weighted by molar-refractivity contribution is 0.0916. The molecule has 0 bridgehead atoms. The van der Waals surface area contributed by atoms with Gasteiger partial charge in [-0.2, -0.15) is 0 Å². The lowest BCUT2D eigenvalue weighted by Crippen LogP contribution is -2.45. The fraction of sp³-hybridized carbons (Fsp3) is 0.571. The monoisotopic (exact) mass is 264 g/mol. The van der Waals surface area contributed by atoms with Crippen LogP contribution in [0.3, 0.4) is 0 Å². The van der Waals surface area contributed by atoms with Crippen LogP contribution in [-0.2, 0) is 6.54 Å². The molecular weight excluding hydrogens is 240 g/mol. The van der Waals surface area contributed by atoms with Gasteiger partial charge in [0, 0.05) is 30.9 Å². The first-order chi connectivity index (χ1) is 8.93. The fourth-order valence-electron chi connectivity index (χ4n) is 1.80. The Morgan fingerprint density at radius 3 is 2.68 bits per heavy atom. The summed E-state index contributed by atoms with van der Waals surface area (Å²) < 4.78 is 0. The highest BCUT2D eigenvalue weighted by molar-refractivity contribution is 5.94. The molecule has 0 aliphatic heterocycles. The van der Waals surface area contributed by atoms with Gasteiger partial charge in [0.2, 0.25) is 0 Å². The quantitative estimate of drug-likeness (QED) is 0.799. The zero-order valence-corrected chi connectivity index (χ0v) is 12.2. The molecule has 106 valence electrons. The van der Waals surface area contributed by atoms with E-state index in [0.29, 0.717) is 18.0 Å². The molecule has 1 aromatic rings. The molecular formula is C14H24N4O. The molecule has 1 unspecified atom stereocenters. The number of nitrogens with zero attached hydrogens (tertiary/aromatic N) is 2. The zero-order chi connectivity index (χ0) is 14.4. The number of carbonyl (C=O) groups is 1. The fourth-order valence-corrected chi connectivity index (χ4v) is 1.80. The van der Waals surface area contributed by atoms with E-state index in [1.807, 2.05) is 14.1 Å². The number of hydrogen-bond acceptors (Lipinski definition) is 4. The Morgan fingerprint density at radius 1 is 1.47 bits per heavy atom.